The van der Waals surface area contributed by atoms with Gasteiger partial charge in [0.2, 0.25) is 0 Å². The van der Waals surface area contributed by atoms with Gasteiger partial charge in [0, 0.05) is 30.7 Å². The van der Waals surface area contributed by atoms with E-state index in [9.17, 15) is 18.0 Å². The predicted octanol–water partition coefficient (Wildman–Crippen LogP) is 5.12. The highest BCUT2D eigenvalue weighted by molar-refractivity contribution is 9.10. The van der Waals surface area contributed by atoms with Gasteiger partial charge in [-0.15, -0.1) is 0 Å². The molecule has 1 amide bonds. The number of halogens is 5. The van der Waals surface area contributed by atoms with Crippen LogP contribution in [-0.2, 0) is 10.9 Å². The molecule has 0 bridgehead atoms. The zero-order chi connectivity index (χ0) is 21.6. The fourth-order valence-corrected chi connectivity index (χ4v) is 3.67. The van der Waals surface area contributed by atoms with Crippen LogP contribution in [0.3, 0.4) is 0 Å². The van der Waals surface area contributed by atoms with Gasteiger partial charge in [0.25, 0.3) is 0 Å². The summed E-state index contributed by atoms with van der Waals surface area (Å²) in [5, 5.41) is 0.00874. The second-order valence-electron chi connectivity index (χ2n) is 7.62. The molecule has 0 aliphatic carbocycles. The molecule has 158 valence electrons. The van der Waals surface area contributed by atoms with Crippen LogP contribution < -0.4 is 4.90 Å². The van der Waals surface area contributed by atoms with Gasteiger partial charge >= 0.3 is 12.3 Å². The van der Waals surface area contributed by atoms with Gasteiger partial charge in [0.05, 0.1) is 11.1 Å². The molecule has 0 spiro atoms. The molecule has 1 aliphatic heterocycles. The Morgan fingerprint density at radius 3 is 2.31 bits per heavy atom. The van der Waals surface area contributed by atoms with Crippen LogP contribution in [0.1, 0.15) is 26.3 Å². The lowest BCUT2D eigenvalue weighted by Gasteiger charge is -2.36. The molecule has 29 heavy (non-hydrogen) atoms. The third kappa shape index (κ3) is 5.03. The molecule has 11 heteroatoms. The molecule has 1 aromatic carbocycles. The number of nitrogens with zero attached hydrogens (tertiary/aromatic N) is 4. The van der Waals surface area contributed by atoms with E-state index in [1.807, 2.05) is 4.90 Å². The van der Waals surface area contributed by atoms with Crippen LogP contribution in [0.2, 0.25) is 5.15 Å². The van der Waals surface area contributed by atoms with Crippen molar-refractivity contribution in [2.75, 3.05) is 31.1 Å². The largest absolute Gasteiger partial charge is 0.444 e. The molecule has 1 aromatic heterocycles. The first-order chi connectivity index (χ1) is 13.3. The number of piperazine rings is 1. The van der Waals surface area contributed by atoms with Gasteiger partial charge in [-0.3, -0.25) is 0 Å². The Bertz CT molecular complexity index is 941. The minimum atomic E-state index is -4.50. The van der Waals surface area contributed by atoms with Crippen LogP contribution in [0.5, 0.6) is 0 Å². The molecule has 0 N–H and O–H groups in total. The molecule has 1 fully saturated rings. The quantitative estimate of drug-likeness (QED) is 0.549. The Labute approximate surface area is 179 Å². The fraction of sp³-hybridized carbons (Fsp3) is 0.500. The summed E-state index contributed by atoms with van der Waals surface area (Å²) >= 11 is 9.37. The van der Waals surface area contributed by atoms with Crippen molar-refractivity contribution in [2.24, 2.45) is 0 Å². The molecule has 0 atom stereocenters. The second-order valence-corrected chi connectivity index (χ2v) is 8.83. The van der Waals surface area contributed by atoms with Gasteiger partial charge in [0.15, 0.2) is 11.0 Å². The SMILES string of the molecule is CC(C)(C)OC(=O)N1CCN(c2nc3c(Br)cc(C(F)(F)F)cc3nc2Cl)CC1. The summed E-state index contributed by atoms with van der Waals surface area (Å²) in [4.78, 5) is 24.2. The van der Waals surface area contributed by atoms with Crippen LogP contribution in [0, 0.1) is 0 Å². The summed E-state index contributed by atoms with van der Waals surface area (Å²) < 4.78 is 44.6. The maximum absolute atomic E-state index is 13.0. The van der Waals surface area contributed by atoms with E-state index in [0.717, 1.165) is 12.1 Å². The average Bonchev–Trinajstić information content (AvgIpc) is 2.59. The van der Waals surface area contributed by atoms with Crippen molar-refractivity contribution in [2.45, 2.75) is 32.5 Å². The molecular weight excluding hydrogens is 477 g/mol. The Kier molecular flexibility index (Phi) is 5.88. The molecule has 2 aromatic rings. The van der Waals surface area contributed by atoms with E-state index in [1.165, 1.54) is 0 Å². The van der Waals surface area contributed by atoms with E-state index in [0.29, 0.717) is 32.0 Å². The van der Waals surface area contributed by atoms with Crippen molar-refractivity contribution in [1.29, 1.82) is 0 Å². The Morgan fingerprint density at radius 1 is 1.14 bits per heavy atom. The number of ether oxygens (including phenoxy) is 1. The van der Waals surface area contributed by atoms with Crippen LogP contribution in [0.15, 0.2) is 16.6 Å². The monoisotopic (exact) mass is 494 g/mol. The van der Waals surface area contributed by atoms with Gasteiger partial charge in [-0.25, -0.2) is 14.8 Å². The number of benzene rings is 1. The van der Waals surface area contributed by atoms with E-state index >= 15 is 0 Å². The minimum Gasteiger partial charge on any atom is -0.444 e. The molecule has 2 heterocycles. The Morgan fingerprint density at radius 2 is 1.76 bits per heavy atom. The first-order valence-electron chi connectivity index (χ1n) is 8.82. The van der Waals surface area contributed by atoms with Crippen LogP contribution in [-0.4, -0.2) is 52.7 Å². The highest BCUT2D eigenvalue weighted by atomic mass is 79.9. The molecular formula is C18H19BrClF3N4O2. The van der Waals surface area contributed by atoms with Crippen molar-refractivity contribution < 1.29 is 22.7 Å². The van der Waals surface area contributed by atoms with Crippen LogP contribution in [0.4, 0.5) is 23.8 Å². The predicted molar refractivity (Wildman–Crippen MR) is 107 cm³/mol. The van der Waals surface area contributed by atoms with E-state index in [2.05, 4.69) is 25.9 Å². The van der Waals surface area contributed by atoms with E-state index in [4.69, 9.17) is 16.3 Å². The van der Waals surface area contributed by atoms with Crippen molar-refractivity contribution >= 4 is 50.5 Å². The highest BCUT2D eigenvalue weighted by Gasteiger charge is 2.32. The first-order valence-corrected chi connectivity index (χ1v) is 9.99. The van der Waals surface area contributed by atoms with Gasteiger partial charge < -0.3 is 14.5 Å². The standard InChI is InChI=1S/C18H19BrClF3N4O2/c1-17(2,3)29-16(28)27-6-4-26(5-7-27)15-14(20)24-12-9-10(18(21,22)23)8-11(19)13(12)25-15/h8-9H,4-7H2,1-3H3. The van der Waals surface area contributed by atoms with Gasteiger partial charge in [0.1, 0.15) is 11.1 Å². The number of alkyl halides is 3. The summed E-state index contributed by atoms with van der Waals surface area (Å²) in [6, 6.07) is 1.89. The maximum atomic E-state index is 13.0. The van der Waals surface area contributed by atoms with Gasteiger partial charge in [-0.05, 0) is 48.8 Å². The lowest BCUT2D eigenvalue weighted by Crippen LogP contribution is -2.50. The molecule has 3 rings (SSSR count). The Balaban J connectivity index is 1.82. The fourth-order valence-electron chi connectivity index (χ4n) is 2.88. The first kappa shape index (κ1) is 21.9. The lowest BCUT2D eigenvalue weighted by atomic mass is 10.2. The van der Waals surface area contributed by atoms with E-state index in [-0.39, 0.29) is 20.7 Å². The van der Waals surface area contributed by atoms with Crippen LogP contribution in [0.25, 0.3) is 11.0 Å². The van der Waals surface area contributed by atoms with Crippen molar-refractivity contribution in [3.8, 4) is 0 Å². The number of amides is 1. The summed E-state index contributed by atoms with van der Waals surface area (Å²) in [7, 11) is 0. The molecule has 6 nitrogen and oxygen atoms in total. The van der Waals surface area contributed by atoms with Crippen molar-refractivity contribution in [3.63, 3.8) is 0 Å². The molecule has 0 saturated carbocycles. The number of hydrogen-bond donors (Lipinski definition) is 0. The average molecular weight is 496 g/mol. The summed E-state index contributed by atoms with van der Waals surface area (Å²) in [6.45, 7) is 7.09. The zero-order valence-electron chi connectivity index (χ0n) is 16.0. The molecule has 0 radical (unpaired) electrons. The number of aromatic nitrogens is 2. The van der Waals surface area contributed by atoms with Gasteiger partial charge in [-0.2, -0.15) is 13.2 Å². The number of rotatable bonds is 1. The van der Waals surface area contributed by atoms with Gasteiger partial charge in [-0.1, -0.05) is 11.6 Å². The third-order valence-corrected chi connectivity index (χ3v) is 5.08. The summed E-state index contributed by atoms with van der Waals surface area (Å²) in [6.07, 6.45) is -4.89. The zero-order valence-corrected chi connectivity index (χ0v) is 18.3. The summed E-state index contributed by atoms with van der Waals surface area (Å²) in [5.41, 5.74) is -1.08. The Hall–Kier alpha value is -1.81. The summed E-state index contributed by atoms with van der Waals surface area (Å²) in [5.74, 6) is 0.364. The topological polar surface area (TPSA) is 58.6 Å². The van der Waals surface area contributed by atoms with E-state index in [1.54, 1.807) is 25.7 Å². The molecule has 0 unspecified atom stereocenters. The number of hydrogen-bond acceptors (Lipinski definition) is 5. The number of carbonyl (C=O) groups excluding carboxylic acids is 1. The normalized spacial score (nSPS) is 15.7. The molecule has 1 aliphatic rings. The lowest BCUT2D eigenvalue weighted by molar-refractivity contribution is -0.137. The third-order valence-electron chi connectivity index (χ3n) is 4.22. The second kappa shape index (κ2) is 7.79. The van der Waals surface area contributed by atoms with E-state index < -0.39 is 23.4 Å². The maximum Gasteiger partial charge on any atom is 0.416 e. The van der Waals surface area contributed by atoms with Crippen molar-refractivity contribution in [1.82, 2.24) is 14.9 Å². The van der Waals surface area contributed by atoms with Crippen LogP contribution >= 0.6 is 27.5 Å². The van der Waals surface area contributed by atoms with Crippen molar-refractivity contribution in [3.05, 3.63) is 27.3 Å². The number of anilines is 1. The number of fused-ring (bicyclic) bond motifs is 1. The highest BCUT2D eigenvalue weighted by Crippen LogP contribution is 2.36. The molecule has 1 saturated heterocycles. The minimum absolute atomic E-state index is 0.00874. The smallest absolute Gasteiger partial charge is 0.416 e. The number of carbonyl (C=O) groups is 1.